The molecule has 1 aromatic rings. The Balaban J connectivity index is 1.45. The number of methoxy groups -OCH3 is 2. The molecule has 0 aromatic heterocycles. The summed E-state index contributed by atoms with van der Waals surface area (Å²) in [5.74, 6) is 1.38. The van der Waals surface area contributed by atoms with Crippen LogP contribution in [0, 0.1) is 0 Å². The molecule has 4 rings (SSSR count). The number of likely N-dealkylation sites (tertiary alicyclic amines) is 1. The maximum atomic E-state index is 12.4. The van der Waals surface area contributed by atoms with Crippen LogP contribution in [0.1, 0.15) is 44.1 Å². The van der Waals surface area contributed by atoms with Crippen molar-refractivity contribution in [3.63, 3.8) is 0 Å². The van der Waals surface area contributed by atoms with Crippen LogP contribution < -0.4 is 9.47 Å². The van der Waals surface area contributed by atoms with Crippen molar-refractivity contribution in [1.29, 1.82) is 0 Å². The number of amides is 1. The summed E-state index contributed by atoms with van der Waals surface area (Å²) in [4.78, 5) is 16.9. The van der Waals surface area contributed by atoms with E-state index in [4.69, 9.17) is 14.2 Å². The Kier molecular flexibility index (Phi) is 5.43. The number of hydrogen-bond donors (Lipinski definition) is 0. The highest BCUT2D eigenvalue weighted by molar-refractivity contribution is 5.71. The Morgan fingerprint density at radius 1 is 1.04 bits per heavy atom. The van der Waals surface area contributed by atoms with Gasteiger partial charge in [-0.05, 0) is 30.5 Å². The van der Waals surface area contributed by atoms with E-state index in [1.165, 1.54) is 38.5 Å². The summed E-state index contributed by atoms with van der Waals surface area (Å²) in [6, 6.07) is 6.62. The molecule has 2 saturated heterocycles. The van der Waals surface area contributed by atoms with E-state index in [0.29, 0.717) is 24.1 Å². The van der Waals surface area contributed by atoms with Crippen LogP contribution in [0.3, 0.4) is 0 Å². The molecule has 2 heterocycles. The highest BCUT2D eigenvalue weighted by Gasteiger charge is 2.48. The minimum absolute atomic E-state index is 0.000831. The molecule has 3 aliphatic rings. The van der Waals surface area contributed by atoms with E-state index in [1.807, 2.05) is 23.1 Å². The summed E-state index contributed by atoms with van der Waals surface area (Å²) in [7, 11) is 3.25. The quantitative estimate of drug-likeness (QED) is 0.739. The Morgan fingerprint density at radius 3 is 2.48 bits per heavy atom. The Hall–Kier alpha value is -1.95. The van der Waals surface area contributed by atoms with Gasteiger partial charge in [0.05, 0.1) is 20.3 Å². The molecule has 1 amide bonds. The van der Waals surface area contributed by atoms with Gasteiger partial charge in [0.2, 0.25) is 0 Å². The molecule has 2 aliphatic heterocycles. The van der Waals surface area contributed by atoms with Gasteiger partial charge in [-0.1, -0.05) is 31.7 Å². The van der Waals surface area contributed by atoms with Crippen molar-refractivity contribution in [3.8, 4) is 11.5 Å². The summed E-state index contributed by atoms with van der Waals surface area (Å²) in [6.07, 6.45) is 7.74. The van der Waals surface area contributed by atoms with Crippen LogP contribution in [0.4, 0.5) is 4.79 Å². The molecule has 0 bridgehead atoms. The first-order chi connectivity index (χ1) is 13.2. The summed E-state index contributed by atoms with van der Waals surface area (Å²) >= 11 is 0. The molecular formula is C21H30N2O4. The number of carbonyl (C=O) groups excluding carboxylic acids is 1. The second-order valence-corrected chi connectivity index (χ2v) is 7.91. The van der Waals surface area contributed by atoms with Gasteiger partial charge in [-0.2, -0.15) is 0 Å². The van der Waals surface area contributed by atoms with Gasteiger partial charge in [-0.15, -0.1) is 0 Å². The van der Waals surface area contributed by atoms with Crippen LogP contribution in [-0.2, 0) is 11.3 Å². The highest BCUT2D eigenvalue weighted by Crippen LogP contribution is 2.34. The first-order valence-corrected chi connectivity index (χ1v) is 10.1. The van der Waals surface area contributed by atoms with Crippen molar-refractivity contribution in [3.05, 3.63) is 23.8 Å². The maximum Gasteiger partial charge on any atom is 0.410 e. The molecule has 0 N–H and O–H groups in total. The van der Waals surface area contributed by atoms with Crippen molar-refractivity contribution >= 4 is 6.09 Å². The van der Waals surface area contributed by atoms with Gasteiger partial charge in [0, 0.05) is 25.7 Å². The molecule has 3 fully saturated rings. The van der Waals surface area contributed by atoms with E-state index in [-0.39, 0.29) is 18.2 Å². The van der Waals surface area contributed by atoms with Gasteiger partial charge in [0.15, 0.2) is 11.5 Å². The SMILES string of the molecule is COc1ccc(CN2C(=O)O[C@@H]3CN(C4CCCCCC4)C[C@@H]32)cc1OC. The van der Waals surface area contributed by atoms with Crippen molar-refractivity contribution in [2.24, 2.45) is 0 Å². The van der Waals surface area contributed by atoms with Crippen LogP contribution in [0.15, 0.2) is 18.2 Å². The van der Waals surface area contributed by atoms with E-state index in [2.05, 4.69) is 4.90 Å². The van der Waals surface area contributed by atoms with Crippen LogP contribution in [0.2, 0.25) is 0 Å². The third-order valence-corrected chi connectivity index (χ3v) is 6.29. The van der Waals surface area contributed by atoms with E-state index in [0.717, 1.165) is 18.7 Å². The zero-order chi connectivity index (χ0) is 18.8. The van der Waals surface area contributed by atoms with Crippen LogP contribution in [-0.4, -0.2) is 61.4 Å². The molecule has 0 unspecified atom stereocenters. The molecule has 1 aromatic carbocycles. The second-order valence-electron chi connectivity index (χ2n) is 7.91. The molecule has 6 nitrogen and oxygen atoms in total. The first kappa shape index (κ1) is 18.4. The average Bonchev–Trinajstić information content (AvgIpc) is 3.07. The zero-order valence-corrected chi connectivity index (χ0v) is 16.4. The van der Waals surface area contributed by atoms with Gasteiger partial charge in [0.25, 0.3) is 0 Å². The lowest BCUT2D eigenvalue weighted by molar-refractivity contribution is 0.108. The fraction of sp³-hybridized carbons (Fsp3) is 0.667. The predicted octanol–water partition coefficient (Wildman–Crippen LogP) is 3.43. The van der Waals surface area contributed by atoms with Crippen LogP contribution in [0.5, 0.6) is 11.5 Å². The van der Waals surface area contributed by atoms with Gasteiger partial charge in [0.1, 0.15) is 6.10 Å². The van der Waals surface area contributed by atoms with E-state index < -0.39 is 0 Å². The largest absolute Gasteiger partial charge is 0.493 e. The fourth-order valence-corrected chi connectivity index (χ4v) is 4.81. The number of hydrogen-bond acceptors (Lipinski definition) is 5. The standard InChI is InChI=1S/C21H30N2O4/c1-25-18-10-9-15(11-19(18)26-2)12-23-17-13-22(14-20(17)27-21(23)24)16-7-5-3-4-6-8-16/h9-11,16-17,20H,3-8,12-14H2,1-2H3/t17-,20+/m0/s1. The summed E-state index contributed by atoms with van der Waals surface area (Å²) in [5.41, 5.74) is 1.03. The molecule has 27 heavy (non-hydrogen) atoms. The van der Waals surface area contributed by atoms with Gasteiger partial charge < -0.3 is 14.2 Å². The summed E-state index contributed by atoms with van der Waals surface area (Å²) < 4.78 is 16.4. The third kappa shape index (κ3) is 3.72. The Morgan fingerprint density at radius 2 is 1.78 bits per heavy atom. The molecule has 6 heteroatoms. The van der Waals surface area contributed by atoms with E-state index in [9.17, 15) is 4.79 Å². The molecule has 0 spiro atoms. The number of nitrogens with zero attached hydrogens (tertiary/aromatic N) is 2. The number of rotatable bonds is 5. The highest BCUT2D eigenvalue weighted by atomic mass is 16.6. The lowest BCUT2D eigenvalue weighted by atomic mass is 10.1. The predicted molar refractivity (Wildman–Crippen MR) is 102 cm³/mol. The molecule has 1 saturated carbocycles. The number of benzene rings is 1. The summed E-state index contributed by atoms with van der Waals surface area (Å²) in [5, 5.41) is 0. The topological polar surface area (TPSA) is 51.2 Å². The van der Waals surface area contributed by atoms with Crippen molar-refractivity contribution in [1.82, 2.24) is 9.80 Å². The minimum atomic E-state index is -0.194. The van der Waals surface area contributed by atoms with Gasteiger partial charge in [-0.3, -0.25) is 9.80 Å². The first-order valence-electron chi connectivity index (χ1n) is 10.1. The molecule has 0 radical (unpaired) electrons. The summed E-state index contributed by atoms with van der Waals surface area (Å²) in [6.45, 7) is 2.34. The lowest BCUT2D eigenvalue weighted by Crippen LogP contribution is -2.40. The molecule has 148 valence electrons. The van der Waals surface area contributed by atoms with Gasteiger partial charge in [-0.25, -0.2) is 4.79 Å². The average molecular weight is 374 g/mol. The fourth-order valence-electron chi connectivity index (χ4n) is 4.81. The minimum Gasteiger partial charge on any atom is -0.493 e. The van der Waals surface area contributed by atoms with E-state index >= 15 is 0 Å². The van der Waals surface area contributed by atoms with Gasteiger partial charge >= 0.3 is 6.09 Å². The maximum absolute atomic E-state index is 12.4. The number of ether oxygens (including phenoxy) is 3. The molecule has 1 aliphatic carbocycles. The second kappa shape index (κ2) is 7.97. The smallest absolute Gasteiger partial charge is 0.410 e. The monoisotopic (exact) mass is 374 g/mol. The third-order valence-electron chi connectivity index (χ3n) is 6.29. The van der Waals surface area contributed by atoms with Crippen LogP contribution in [0.25, 0.3) is 0 Å². The number of fused-ring (bicyclic) bond motifs is 1. The number of carbonyl (C=O) groups is 1. The molecular weight excluding hydrogens is 344 g/mol. The van der Waals surface area contributed by atoms with E-state index in [1.54, 1.807) is 14.2 Å². The van der Waals surface area contributed by atoms with Crippen LogP contribution >= 0.6 is 0 Å². The normalized spacial score (nSPS) is 26.6. The van der Waals surface area contributed by atoms with Crippen molar-refractivity contribution in [2.45, 2.75) is 63.3 Å². The van der Waals surface area contributed by atoms with Crippen molar-refractivity contribution < 1.29 is 19.0 Å². The Labute approximate surface area is 161 Å². The lowest BCUT2D eigenvalue weighted by Gasteiger charge is -2.28. The Bertz CT molecular complexity index is 672. The van der Waals surface area contributed by atoms with Crippen molar-refractivity contribution in [2.75, 3.05) is 27.3 Å². The molecule has 2 atom stereocenters. The zero-order valence-electron chi connectivity index (χ0n) is 16.4.